The number of ether oxygens (including phenoxy) is 1. The average Bonchev–Trinajstić information content (AvgIpc) is 2.17. The third-order valence-electron chi connectivity index (χ3n) is 1.74. The fourth-order valence-corrected chi connectivity index (χ4v) is 1.10. The maximum Gasteiger partial charge on any atom is 0.0713 e. The van der Waals surface area contributed by atoms with Crippen LogP contribution in [-0.4, -0.2) is 20.2 Å². The van der Waals surface area contributed by atoms with Crippen molar-refractivity contribution in [3.05, 3.63) is 29.8 Å². The van der Waals surface area contributed by atoms with Gasteiger partial charge in [0.25, 0.3) is 0 Å². The highest BCUT2D eigenvalue weighted by Crippen LogP contribution is 2.09. The van der Waals surface area contributed by atoms with E-state index in [0.717, 1.165) is 12.2 Å². The molecule has 0 heterocycles. The molecule has 0 saturated heterocycles. The first-order valence-electron chi connectivity index (χ1n) is 4.38. The van der Waals surface area contributed by atoms with Crippen molar-refractivity contribution in [2.24, 2.45) is 5.73 Å². The summed E-state index contributed by atoms with van der Waals surface area (Å²) in [5.41, 5.74) is 7.65. The standard InChI is InChI=1S/C10H16N2O/c1-13-8-9-2-4-10(5-3-9)12-7-6-11/h2-5,12H,6-8,11H2,1H3. The zero-order valence-electron chi connectivity index (χ0n) is 7.92. The Bertz CT molecular complexity index is 233. The van der Waals surface area contributed by atoms with Gasteiger partial charge in [0.05, 0.1) is 6.61 Å². The second-order valence-electron chi connectivity index (χ2n) is 2.85. The van der Waals surface area contributed by atoms with Crippen molar-refractivity contribution in [2.75, 3.05) is 25.5 Å². The zero-order valence-corrected chi connectivity index (χ0v) is 7.92. The van der Waals surface area contributed by atoms with Crippen LogP contribution in [0.2, 0.25) is 0 Å². The summed E-state index contributed by atoms with van der Waals surface area (Å²) in [6.45, 7) is 2.13. The molecule has 0 aromatic heterocycles. The van der Waals surface area contributed by atoms with Gasteiger partial charge in [-0.25, -0.2) is 0 Å². The van der Waals surface area contributed by atoms with Gasteiger partial charge in [0.2, 0.25) is 0 Å². The molecular weight excluding hydrogens is 164 g/mol. The van der Waals surface area contributed by atoms with E-state index in [1.807, 2.05) is 24.3 Å². The molecule has 0 aliphatic carbocycles. The van der Waals surface area contributed by atoms with Gasteiger partial charge in [0.1, 0.15) is 0 Å². The smallest absolute Gasteiger partial charge is 0.0713 e. The van der Waals surface area contributed by atoms with Gasteiger partial charge in [-0.15, -0.1) is 0 Å². The maximum absolute atomic E-state index is 5.37. The predicted octanol–water partition coefficient (Wildman–Crippen LogP) is 1.20. The minimum absolute atomic E-state index is 0.653. The molecule has 0 atom stereocenters. The van der Waals surface area contributed by atoms with Crippen molar-refractivity contribution in [1.29, 1.82) is 0 Å². The number of hydrogen-bond donors (Lipinski definition) is 2. The summed E-state index contributed by atoms with van der Waals surface area (Å²) >= 11 is 0. The largest absolute Gasteiger partial charge is 0.384 e. The number of nitrogens with two attached hydrogens (primary N) is 1. The molecule has 1 aromatic carbocycles. The lowest BCUT2D eigenvalue weighted by Crippen LogP contribution is -2.12. The summed E-state index contributed by atoms with van der Waals surface area (Å²) < 4.78 is 5.01. The lowest BCUT2D eigenvalue weighted by Gasteiger charge is -2.05. The van der Waals surface area contributed by atoms with E-state index in [2.05, 4.69) is 5.32 Å². The fourth-order valence-electron chi connectivity index (χ4n) is 1.10. The molecule has 0 amide bonds. The van der Waals surface area contributed by atoms with Crippen LogP contribution in [0.4, 0.5) is 5.69 Å². The highest BCUT2D eigenvalue weighted by molar-refractivity contribution is 5.44. The van der Waals surface area contributed by atoms with E-state index < -0.39 is 0 Å². The van der Waals surface area contributed by atoms with Crippen LogP contribution in [0, 0.1) is 0 Å². The van der Waals surface area contributed by atoms with Crippen LogP contribution < -0.4 is 11.1 Å². The molecule has 3 heteroatoms. The van der Waals surface area contributed by atoms with E-state index >= 15 is 0 Å². The third-order valence-corrected chi connectivity index (χ3v) is 1.74. The molecule has 72 valence electrons. The van der Waals surface area contributed by atoms with Crippen LogP contribution in [0.5, 0.6) is 0 Å². The van der Waals surface area contributed by atoms with Crippen molar-refractivity contribution < 1.29 is 4.74 Å². The Morgan fingerprint density at radius 1 is 1.31 bits per heavy atom. The van der Waals surface area contributed by atoms with Crippen LogP contribution in [-0.2, 0) is 11.3 Å². The molecule has 3 N–H and O–H groups in total. The SMILES string of the molecule is COCc1ccc(NCCN)cc1. The number of benzene rings is 1. The Morgan fingerprint density at radius 2 is 2.00 bits per heavy atom. The van der Waals surface area contributed by atoms with E-state index in [0.29, 0.717) is 13.2 Å². The summed E-state index contributed by atoms with van der Waals surface area (Å²) in [5.74, 6) is 0. The molecule has 0 fully saturated rings. The molecule has 0 aliphatic heterocycles. The molecule has 0 aliphatic rings. The fraction of sp³-hybridized carbons (Fsp3) is 0.400. The molecule has 0 unspecified atom stereocenters. The zero-order chi connectivity index (χ0) is 9.52. The molecule has 0 radical (unpaired) electrons. The minimum Gasteiger partial charge on any atom is -0.384 e. The Morgan fingerprint density at radius 3 is 2.54 bits per heavy atom. The van der Waals surface area contributed by atoms with Crippen LogP contribution in [0.25, 0.3) is 0 Å². The van der Waals surface area contributed by atoms with Crippen LogP contribution in [0.1, 0.15) is 5.56 Å². The first kappa shape index (κ1) is 10.0. The molecule has 0 spiro atoms. The maximum atomic E-state index is 5.37. The lowest BCUT2D eigenvalue weighted by molar-refractivity contribution is 0.185. The Balaban J connectivity index is 2.48. The van der Waals surface area contributed by atoms with Crippen molar-refractivity contribution in [3.8, 4) is 0 Å². The van der Waals surface area contributed by atoms with Crippen LogP contribution in [0.3, 0.4) is 0 Å². The summed E-state index contributed by atoms with van der Waals surface area (Å²) in [4.78, 5) is 0. The van der Waals surface area contributed by atoms with E-state index in [-0.39, 0.29) is 0 Å². The summed E-state index contributed by atoms with van der Waals surface area (Å²) in [6.07, 6.45) is 0. The Kier molecular flexibility index (Phi) is 4.29. The third kappa shape index (κ3) is 3.44. The van der Waals surface area contributed by atoms with E-state index in [9.17, 15) is 0 Å². The Labute approximate surface area is 78.9 Å². The molecule has 0 bridgehead atoms. The van der Waals surface area contributed by atoms with Crippen molar-refractivity contribution in [2.45, 2.75) is 6.61 Å². The van der Waals surface area contributed by atoms with E-state index in [1.54, 1.807) is 7.11 Å². The summed E-state index contributed by atoms with van der Waals surface area (Å²) in [6, 6.07) is 8.15. The van der Waals surface area contributed by atoms with Gasteiger partial charge in [-0.2, -0.15) is 0 Å². The van der Waals surface area contributed by atoms with Gasteiger partial charge in [-0.1, -0.05) is 12.1 Å². The Hall–Kier alpha value is -1.06. The van der Waals surface area contributed by atoms with Crippen LogP contribution >= 0.6 is 0 Å². The van der Waals surface area contributed by atoms with Gasteiger partial charge in [-0.3, -0.25) is 0 Å². The first-order valence-corrected chi connectivity index (χ1v) is 4.38. The predicted molar refractivity (Wildman–Crippen MR) is 54.7 cm³/mol. The van der Waals surface area contributed by atoms with Gasteiger partial charge in [-0.05, 0) is 17.7 Å². The normalized spacial score (nSPS) is 10.0. The van der Waals surface area contributed by atoms with Crippen molar-refractivity contribution in [1.82, 2.24) is 0 Å². The van der Waals surface area contributed by atoms with Gasteiger partial charge < -0.3 is 15.8 Å². The molecule has 1 rings (SSSR count). The number of methoxy groups -OCH3 is 1. The average molecular weight is 180 g/mol. The van der Waals surface area contributed by atoms with Crippen molar-refractivity contribution >= 4 is 5.69 Å². The monoisotopic (exact) mass is 180 g/mol. The summed E-state index contributed by atoms with van der Waals surface area (Å²) in [7, 11) is 1.70. The lowest BCUT2D eigenvalue weighted by atomic mass is 10.2. The molecular formula is C10H16N2O. The molecule has 3 nitrogen and oxygen atoms in total. The molecule has 13 heavy (non-hydrogen) atoms. The highest BCUT2D eigenvalue weighted by atomic mass is 16.5. The molecule has 1 aromatic rings. The summed E-state index contributed by atoms with van der Waals surface area (Å²) in [5, 5.41) is 3.20. The van der Waals surface area contributed by atoms with E-state index in [4.69, 9.17) is 10.5 Å². The molecule has 0 saturated carbocycles. The van der Waals surface area contributed by atoms with Gasteiger partial charge >= 0.3 is 0 Å². The first-order chi connectivity index (χ1) is 6.36. The second-order valence-corrected chi connectivity index (χ2v) is 2.85. The number of rotatable bonds is 5. The van der Waals surface area contributed by atoms with Crippen LogP contribution in [0.15, 0.2) is 24.3 Å². The van der Waals surface area contributed by atoms with Gasteiger partial charge in [0.15, 0.2) is 0 Å². The van der Waals surface area contributed by atoms with E-state index in [1.165, 1.54) is 5.56 Å². The van der Waals surface area contributed by atoms with Gasteiger partial charge in [0, 0.05) is 25.9 Å². The second kappa shape index (κ2) is 5.56. The number of nitrogens with one attached hydrogen (secondary N) is 1. The topological polar surface area (TPSA) is 47.3 Å². The number of hydrogen-bond acceptors (Lipinski definition) is 3. The highest BCUT2D eigenvalue weighted by Gasteiger charge is 1.92. The van der Waals surface area contributed by atoms with Crippen molar-refractivity contribution in [3.63, 3.8) is 0 Å². The number of anilines is 1. The minimum atomic E-state index is 0.653. The quantitative estimate of drug-likeness (QED) is 0.716.